The van der Waals surface area contributed by atoms with Crippen molar-refractivity contribution in [2.75, 3.05) is 0 Å². The number of rotatable bonds is 4. The molecule has 92 valence electrons. The second-order valence-electron chi connectivity index (χ2n) is 4.56. The van der Waals surface area contributed by atoms with Gasteiger partial charge in [0.15, 0.2) is 0 Å². The first-order valence-electron chi connectivity index (χ1n) is 6.19. The number of hydrogen-bond acceptors (Lipinski definition) is 1. The van der Waals surface area contributed by atoms with Crippen LogP contribution in [-0.4, -0.2) is 5.11 Å². The number of phenols is 1. The summed E-state index contributed by atoms with van der Waals surface area (Å²) >= 11 is 0. The summed E-state index contributed by atoms with van der Waals surface area (Å²) in [5, 5.41) is 10.0. The van der Waals surface area contributed by atoms with Gasteiger partial charge in [0.25, 0.3) is 0 Å². The maximum atomic E-state index is 10.0. The van der Waals surface area contributed by atoms with Crippen molar-refractivity contribution in [1.29, 1.82) is 0 Å². The second-order valence-corrected chi connectivity index (χ2v) is 4.56. The predicted octanol–water partition coefficient (Wildman–Crippen LogP) is 4.35. The van der Waals surface area contributed by atoms with Crippen LogP contribution < -0.4 is 0 Å². The molecule has 0 saturated heterocycles. The van der Waals surface area contributed by atoms with Crippen molar-refractivity contribution in [3.63, 3.8) is 0 Å². The Balaban J connectivity index is 2.07. The molecule has 0 fully saturated rings. The predicted molar refractivity (Wildman–Crippen MR) is 76.6 cm³/mol. The summed E-state index contributed by atoms with van der Waals surface area (Å²) in [5.74, 6) is 0.357. The molecule has 0 atom stereocenters. The normalized spacial score (nSPS) is 10.3. The highest BCUT2D eigenvalue weighted by Gasteiger charge is 2.07. The van der Waals surface area contributed by atoms with Crippen LogP contribution in [-0.2, 0) is 6.42 Å². The summed E-state index contributed by atoms with van der Waals surface area (Å²) in [6.45, 7) is 5.99. The van der Waals surface area contributed by atoms with Crippen molar-refractivity contribution < 1.29 is 5.11 Å². The van der Waals surface area contributed by atoms with Gasteiger partial charge in [-0.2, -0.15) is 0 Å². The minimum absolute atomic E-state index is 0.357. The third kappa shape index (κ3) is 2.80. The first-order chi connectivity index (χ1) is 8.68. The van der Waals surface area contributed by atoms with E-state index in [4.69, 9.17) is 0 Å². The summed E-state index contributed by atoms with van der Waals surface area (Å²) in [6.07, 6.45) is 1.81. The van der Waals surface area contributed by atoms with E-state index in [-0.39, 0.29) is 0 Å². The fourth-order valence-corrected chi connectivity index (χ4v) is 2.02. The maximum Gasteiger partial charge on any atom is 0.125 e. The second kappa shape index (κ2) is 5.54. The number of aryl methyl sites for hydroxylation is 2. The molecule has 2 rings (SSSR count). The average Bonchev–Trinajstić information content (AvgIpc) is 2.40. The summed E-state index contributed by atoms with van der Waals surface area (Å²) in [7, 11) is 0. The zero-order valence-corrected chi connectivity index (χ0v) is 10.7. The van der Waals surface area contributed by atoms with E-state index in [1.165, 1.54) is 5.56 Å². The highest BCUT2D eigenvalue weighted by molar-refractivity contribution is 5.69. The molecule has 0 aliphatic rings. The molecule has 1 N–H and O–H groups in total. The molecule has 0 aliphatic carbocycles. The van der Waals surface area contributed by atoms with Crippen LogP contribution in [0, 0.1) is 6.92 Å². The SMILES string of the molecule is C=C(CCc1ccccc1)c1cccc(C)c1O. The summed E-state index contributed by atoms with van der Waals surface area (Å²) in [5.41, 5.74) is 4.05. The van der Waals surface area contributed by atoms with Gasteiger partial charge in [-0.15, -0.1) is 0 Å². The van der Waals surface area contributed by atoms with Crippen LogP contribution in [0.4, 0.5) is 0 Å². The molecule has 0 aliphatic heterocycles. The summed E-state index contributed by atoms with van der Waals surface area (Å²) in [6, 6.07) is 16.1. The molecule has 1 heteroatoms. The Morgan fingerprint density at radius 3 is 2.50 bits per heavy atom. The molecule has 0 heterocycles. The number of allylic oxidation sites excluding steroid dienone is 1. The molecule has 0 spiro atoms. The van der Waals surface area contributed by atoms with Gasteiger partial charge < -0.3 is 5.11 Å². The fraction of sp³-hybridized carbons (Fsp3) is 0.176. The Kier molecular flexibility index (Phi) is 3.83. The molecular formula is C17H18O. The monoisotopic (exact) mass is 238 g/mol. The Morgan fingerprint density at radius 2 is 1.78 bits per heavy atom. The molecule has 0 unspecified atom stereocenters. The number of para-hydroxylation sites is 1. The van der Waals surface area contributed by atoms with Crippen molar-refractivity contribution in [1.82, 2.24) is 0 Å². The number of benzene rings is 2. The van der Waals surface area contributed by atoms with Gasteiger partial charge in [0.05, 0.1) is 0 Å². The minimum Gasteiger partial charge on any atom is -0.507 e. The van der Waals surface area contributed by atoms with Gasteiger partial charge in [-0.1, -0.05) is 55.1 Å². The van der Waals surface area contributed by atoms with E-state index in [2.05, 4.69) is 18.7 Å². The quantitative estimate of drug-likeness (QED) is 0.839. The summed E-state index contributed by atoms with van der Waals surface area (Å²) in [4.78, 5) is 0. The lowest BCUT2D eigenvalue weighted by Gasteiger charge is -2.10. The third-order valence-electron chi connectivity index (χ3n) is 3.18. The molecule has 0 bridgehead atoms. The first kappa shape index (κ1) is 12.4. The van der Waals surface area contributed by atoms with E-state index >= 15 is 0 Å². The van der Waals surface area contributed by atoms with Gasteiger partial charge in [0, 0.05) is 5.56 Å². The zero-order chi connectivity index (χ0) is 13.0. The molecule has 0 saturated carbocycles. The molecule has 1 nitrogen and oxygen atoms in total. The molecule has 18 heavy (non-hydrogen) atoms. The van der Waals surface area contributed by atoms with Crippen molar-refractivity contribution in [2.45, 2.75) is 19.8 Å². The van der Waals surface area contributed by atoms with E-state index in [1.54, 1.807) is 0 Å². The molecule has 2 aromatic rings. The van der Waals surface area contributed by atoms with Crippen LogP contribution in [0.25, 0.3) is 5.57 Å². The Morgan fingerprint density at radius 1 is 1.06 bits per heavy atom. The number of aromatic hydroxyl groups is 1. The smallest absolute Gasteiger partial charge is 0.125 e. The number of hydrogen-bond donors (Lipinski definition) is 1. The fourth-order valence-electron chi connectivity index (χ4n) is 2.02. The Labute approximate surface area is 108 Å². The van der Waals surface area contributed by atoms with Crippen molar-refractivity contribution in [3.05, 3.63) is 71.8 Å². The van der Waals surface area contributed by atoms with Crippen LogP contribution in [0.1, 0.15) is 23.1 Å². The van der Waals surface area contributed by atoms with Crippen LogP contribution in [0.2, 0.25) is 0 Å². The van der Waals surface area contributed by atoms with Gasteiger partial charge in [-0.25, -0.2) is 0 Å². The van der Waals surface area contributed by atoms with Crippen LogP contribution in [0.3, 0.4) is 0 Å². The number of phenolic OH excluding ortho intramolecular Hbond substituents is 1. The highest BCUT2D eigenvalue weighted by atomic mass is 16.3. The van der Waals surface area contributed by atoms with Crippen molar-refractivity contribution >= 4 is 5.57 Å². The van der Waals surface area contributed by atoms with E-state index < -0.39 is 0 Å². The van der Waals surface area contributed by atoms with Gasteiger partial charge in [0.2, 0.25) is 0 Å². The first-order valence-corrected chi connectivity index (χ1v) is 6.19. The lowest BCUT2D eigenvalue weighted by Crippen LogP contribution is -1.90. The topological polar surface area (TPSA) is 20.2 Å². The third-order valence-corrected chi connectivity index (χ3v) is 3.18. The molecule has 0 aromatic heterocycles. The maximum absolute atomic E-state index is 10.0. The van der Waals surface area contributed by atoms with Crippen LogP contribution >= 0.6 is 0 Å². The van der Waals surface area contributed by atoms with Crippen LogP contribution in [0.15, 0.2) is 55.1 Å². The van der Waals surface area contributed by atoms with Gasteiger partial charge in [0.1, 0.15) is 5.75 Å². The lowest BCUT2D eigenvalue weighted by molar-refractivity contribution is 0.469. The Hall–Kier alpha value is -2.02. The van der Waals surface area contributed by atoms with Gasteiger partial charge in [-0.05, 0) is 36.5 Å². The van der Waals surface area contributed by atoms with Crippen molar-refractivity contribution in [2.24, 2.45) is 0 Å². The summed E-state index contributed by atoms with van der Waals surface area (Å²) < 4.78 is 0. The lowest BCUT2D eigenvalue weighted by atomic mass is 9.97. The standard InChI is InChI=1S/C17H18O/c1-13(11-12-15-8-4-3-5-9-15)16-10-6-7-14(2)17(16)18/h3-10,18H,1,11-12H2,2H3. The van der Waals surface area contributed by atoms with Gasteiger partial charge >= 0.3 is 0 Å². The van der Waals surface area contributed by atoms with E-state index in [0.717, 1.165) is 29.5 Å². The molecular weight excluding hydrogens is 220 g/mol. The highest BCUT2D eigenvalue weighted by Crippen LogP contribution is 2.29. The average molecular weight is 238 g/mol. The van der Waals surface area contributed by atoms with E-state index in [1.807, 2.05) is 43.3 Å². The molecule has 0 amide bonds. The largest absolute Gasteiger partial charge is 0.507 e. The molecule has 2 aromatic carbocycles. The Bertz CT molecular complexity index is 541. The molecule has 0 radical (unpaired) electrons. The van der Waals surface area contributed by atoms with Crippen LogP contribution in [0.5, 0.6) is 5.75 Å². The van der Waals surface area contributed by atoms with E-state index in [0.29, 0.717) is 5.75 Å². The van der Waals surface area contributed by atoms with Gasteiger partial charge in [-0.3, -0.25) is 0 Å². The minimum atomic E-state index is 0.357. The zero-order valence-electron chi connectivity index (χ0n) is 10.7. The van der Waals surface area contributed by atoms with E-state index in [9.17, 15) is 5.11 Å². The van der Waals surface area contributed by atoms with Crippen molar-refractivity contribution in [3.8, 4) is 5.75 Å².